The molecule has 4 nitrogen and oxygen atoms in total. The van der Waals surface area contributed by atoms with E-state index in [1.807, 2.05) is 0 Å². The van der Waals surface area contributed by atoms with Gasteiger partial charge in [-0.1, -0.05) is 117 Å². The Morgan fingerprint density at radius 2 is 1.32 bits per heavy atom. The maximum atomic E-state index is 12.4. The average molecular weight is 481 g/mol. The molecule has 34 heavy (non-hydrogen) atoms. The van der Waals surface area contributed by atoms with Crippen molar-refractivity contribution in [2.45, 2.75) is 168 Å². The summed E-state index contributed by atoms with van der Waals surface area (Å²) in [5.74, 6) is 0.320. The van der Waals surface area contributed by atoms with E-state index in [-0.39, 0.29) is 18.0 Å². The summed E-state index contributed by atoms with van der Waals surface area (Å²) in [6.07, 6.45) is 27.2. The third kappa shape index (κ3) is 16.5. The lowest BCUT2D eigenvalue weighted by Gasteiger charge is -2.18. The molecule has 1 heterocycles. The first-order valence-corrected chi connectivity index (χ1v) is 15.0. The lowest BCUT2D eigenvalue weighted by Crippen LogP contribution is -2.10. The summed E-state index contributed by atoms with van der Waals surface area (Å²) in [6, 6.07) is 0. The monoisotopic (exact) mass is 480 g/mol. The minimum absolute atomic E-state index is 0.0774. The number of aliphatic carboxylic acids is 1. The van der Waals surface area contributed by atoms with Crippen LogP contribution in [0.2, 0.25) is 0 Å². The highest BCUT2D eigenvalue weighted by atomic mass is 16.5. The van der Waals surface area contributed by atoms with Crippen LogP contribution in [-0.4, -0.2) is 23.1 Å². The normalized spacial score (nSPS) is 18.8. The number of hydrogen-bond acceptors (Lipinski definition) is 3. The first-order valence-electron chi connectivity index (χ1n) is 15.0. The highest BCUT2D eigenvalue weighted by Crippen LogP contribution is 2.32. The van der Waals surface area contributed by atoms with Crippen LogP contribution in [0.5, 0.6) is 0 Å². The van der Waals surface area contributed by atoms with Gasteiger partial charge in [-0.2, -0.15) is 0 Å². The number of carboxylic acids is 1. The second-order valence-corrected chi connectivity index (χ2v) is 10.9. The van der Waals surface area contributed by atoms with Gasteiger partial charge in [0.05, 0.1) is 5.92 Å². The molecule has 0 aromatic heterocycles. The van der Waals surface area contributed by atoms with Gasteiger partial charge in [0.15, 0.2) is 0 Å². The number of rotatable bonds is 24. The minimum atomic E-state index is -0.671. The second kappa shape index (κ2) is 21.2. The molecule has 1 N–H and O–H groups in total. The van der Waals surface area contributed by atoms with Crippen molar-refractivity contribution >= 4 is 11.9 Å². The number of hydrogen-bond donors (Lipinski definition) is 1. The Hall–Kier alpha value is -1.06. The fraction of sp³-hybridized carbons (Fsp3) is 0.933. The number of unbranched alkanes of at least 4 members (excludes halogenated alkanes) is 13. The largest absolute Gasteiger partial charge is 0.481 e. The van der Waals surface area contributed by atoms with Crippen LogP contribution >= 0.6 is 0 Å². The number of cyclic esters (lactones) is 1. The molecular weight excluding hydrogens is 424 g/mol. The molecule has 0 radical (unpaired) electrons. The summed E-state index contributed by atoms with van der Waals surface area (Å²) < 4.78 is 5.72. The summed E-state index contributed by atoms with van der Waals surface area (Å²) >= 11 is 0. The molecule has 0 spiro atoms. The molecule has 1 fully saturated rings. The van der Waals surface area contributed by atoms with Gasteiger partial charge >= 0.3 is 11.9 Å². The van der Waals surface area contributed by atoms with Crippen LogP contribution in [0.15, 0.2) is 0 Å². The van der Waals surface area contributed by atoms with Crippen LogP contribution in [-0.2, 0) is 14.3 Å². The number of carboxylic acid groups (broad SMARTS) is 1. The van der Waals surface area contributed by atoms with Crippen LogP contribution in [0, 0.1) is 11.8 Å². The number of carbonyl (C=O) groups is 2. The summed E-state index contributed by atoms with van der Waals surface area (Å²) in [5, 5.41) is 8.68. The van der Waals surface area contributed by atoms with Gasteiger partial charge in [0.2, 0.25) is 0 Å². The zero-order valence-corrected chi connectivity index (χ0v) is 22.7. The van der Waals surface area contributed by atoms with Crippen molar-refractivity contribution in [2.75, 3.05) is 0 Å². The smallest absolute Gasteiger partial charge is 0.309 e. The Bertz CT molecular complexity index is 504. The van der Waals surface area contributed by atoms with Crippen LogP contribution < -0.4 is 0 Å². The van der Waals surface area contributed by atoms with E-state index in [4.69, 9.17) is 9.84 Å². The first-order chi connectivity index (χ1) is 16.6. The topological polar surface area (TPSA) is 63.6 Å². The SMILES string of the molecule is CCCCCCCCC1CC(CCC(CCCC)CCCCCCCCCCC(=O)O)C(=O)O1. The van der Waals surface area contributed by atoms with Crippen molar-refractivity contribution < 1.29 is 19.4 Å². The highest BCUT2D eigenvalue weighted by molar-refractivity contribution is 5.74. The van der Waals surface area contributed by atoms with Gasteiger partial charge in [-0.3, -0.25) is 9.59 Å². The maximum absolute atomic E-state index is 12.4. The van der Waals surface area contributed by atoms with Crippen LogP contribution in [0.25, 0.3) is 0 Å². The Labute approximate surface area is 211 Å². The molecule has 0 aliphatic carbocycles. The third-order valence-corrected chi connectivity index (χ3v) is 7.69. The van der Waals surface area contributed by atoms with E-state index in [1.54, 1.807) is 0 Å². The standard InChI is InChI=1S/C30H56O4/c1-3-5-7-8-14-17-21-28-25-27(30(33)34-28)24-23-26(19-6-4-2)20-16-13-11-9-10-12-15-18-22-29(31)32/h26-28H,3-25H2,1-2H3,(H,31,32). The number of carbonyl (C=O) groups excluding carboxylic acids is 1. The fourth-order valence-electron chi connectivity index (χ4n) is 5.42. The summed E-state index contributed by atoms with van der Waals surface area (Å²) in [5.41, 5.74) is 0. The van der Waals surface area contributed by atoms with Crippen molar-refractivity contribution in [3.8, 4) is 0 Å². The summed E-state index contributed by atoms with van der Waals surface area (Å²) in [7, 11) is 0. The second-order valence-electron chi connectivity index (χ2n) is 10.9. The van der Waals surface area contributed by atoms with Gasteiger partial charge in [0, 0.05) is 6.42 Å². The molecule has 1 aliphatic heterocycles. The number of ether oxygens (including phenoxy) is 1. The van der Waals surface area contributed by atoms with Crippen molar-refractivity contribution in [3.63, 3.8) is 0 Å². The van der Waals surface area contributed by atoms with Gasteiger partial charge in [-0.25, -0.2) is 0 Å². The zero-order chi connectivity index (χ0) is 24.9. The highest BCUT2D eigenvalue weighted by Gasteiger charge is 2.33. The lowest BCUT2D eigenvalue weighted by atomic mass is 9.87. The Morgan fingerprint density at radius 3 is 1.97 bits per heavy atom. The molecular formula is C30H56O4. The van der Waals surface area contributed by atoms with Gasteiger partial charge in [0.1, 0.15) is 6.10 Å². The molecule has 0 aromatic rings. The lowest BCUT2D eigenvalue weighted by molar-refractivity contribution is -0.144. The zero-order valence-electron chi connectivity index (χ0n) is 22.7. The molecule has 1 aliphatic rings. The van der Waals surface area contributed by atoms with Gasteiger partial charge in [0.25, 0.3) is 0 Å². The van der Waals surface area contributed by atoms with Crippen LogP contribution in [0.1, 0.15) is 162 Å². The Kier molecular flexibility index (Phi) is 19.3. The van der Waals surface area contributed by atoms with Crippen molar-refractivity contribution in [3.05, 3.63) is 0 Å². The predicted octanol–water partition coefficient (Wildman–Crippen LogP) is 9.24. The van der Waals surface area contributed by atoms with E-state index in [0.29, 0.717) is 6.42 Å². The van der Waals surface area contributed by atoms with E-state index in [9.17, 15) is 9.59 Å². The van der Waals surface area contributed by atoms with E-state index in [0.717, 1.165) is 38.0 Å². The molecule has 3 atom stereocenters. The molecule has 0 aromatic carbocycles. The molecule has 1 rings (SSSR count). The average Bonchev–Trinajstić information content (AvgIpc) is 3.17. The number of esters is 1. The van der Waals surface area contributed by atoms with Gasteiger partial charge in [-0.15, -0.1) is 0 Å². The van der Waals surface area contributed by atoms with Crippen LogP contribution in [0.3, 0.4) is 0 Å². The third-order valence-electron chi connectivity index (χ3n) is 7.69. The molecule has 4 heteroatoms. The molecule has 3 unspecified atom stereocenters. The molecule has 0 saturated carbocycles. The summed E-state index contributed by atoms with van der Waals surface area (Å²) in [6.45, 7) is 4.53. The first kappa shape index (κ1) is 31.0. The van der Waals surface area contributed by atoms with E-state index >= 15 is 0 Å². The molecule has 1 saturated heterocycles. The van der Waals surface area contributed by atoms with Crippen molar-refractivity contribution in [1.29, 1.82) is 0 Å². The molecule has 0 bridgehead atoms. The van der Waals surface area contributed by atoms with E-state index < -0.39 is 5.97 Å². The van der Waals surface area contributed by atoms with Crippen molar-refractivity contribution in [2.24, 2.45) is 11.8 Å². The quantitative estimate of drug-likeness (QED) is 0.110. The van der Waals surface area contributed by atoms with E-state index in [2.05, 4.69) is 13.8 Å². The van der Waals surface area contributed by atoms with Gasteiger partial charge in [-0.05, 0) is 44.4 Å². The summed E-state index contributed by atoms with van der Waals surface area (Å²) in [4.78, 5) is 22.9. The minimum Gasteiger partial charge on any atom is -0.481 e. The molecule has 0 amide bonds. The maximum Gasteiger partial charge on any atom is 0.309 e. The molecule has 200 valence electrons. The van der Waals surface area contributed by atoms with Crippen molar-refractivity contribution in [1.82, 2.24) is 0 Å². The van der Waals surface area contributed by atoms with E-state index in [1.165, 1.54) is 109 Å². The van der Waals surface area contributed by atoms with Gasteiger partial charge < -0.3 is 9.84 Å². The van der Waals surface area contributed by atoms with Crippen LogP contribution in [0.4, 0.5) is 0 Å². The Balaban J connectivity index is 2.14. The Morgan fingerprint density at radius 1 is 0.765 bits per heavy atom. The fourth-order valence-corrected chi connectivity index (χ4v) is 5.42. The predicted molar refractivity (Wildman–Crippen MR) is 142 cm³/mol.